The van der Waals surface area contributed by atoms with Crippen LogP contribution in [0.25, 0.3) is 11.1 Å². The fraction of sp³-hybridized carbons (Fsp3) is 0.364. The Morgan fingerprint density at radius 2 is 1.93 bits per heavy atom. The fourth-order valence-corrected chi connectivity index (χ4v) is 3.59. The number of anilines is 1. The Morgan fingerprint density at radius 3 is 2.64 bits per heavy atom. The van der Waals surface area contributed by atoms with Crippen molar-refractivity contribution in [3.05, 3.63) is 53.1 Å². The summed E-state index contributed by atoms with van der Waals surface area (Å²) in [6, 6.07) is 13.3. The highest BCUT2D eigenvalue weighted by atomic mass is 16.5. The minimum Gasteiger partial charge on any atom is -0.465 e. The third-order valence-corrected chi connectivity index (χ3v) is 5.19. The SMILES string of the molecule is COC(=O)c1ccc(-c2ccc(CN3CCCN(C)CC3)cc2C#N)c(N)c1. The van der Waals surface area contributed by atoms with Crippen LogP contribution in [-0.4, -0.2) is 56.1 Å². The Hall–Kier alpha value is -2.88. The lowest BCUT2D eigenvalue weighted by molar-refractivity contribution is 0.0601. The van der Waals surface area contributed by atoms with Gasteiger partial charge in [0.1, 0.15) is 0 Å². The number of hydrogen-bond acceptors (Lipinski definition) is 6. The number of methoxy groups -OCH3 is 1. The highest BCUT2D eigenvalue weighted by molar-refractivity contribution is 5.93. The summed E-state index contributed by atoms with van der Waals surface area (Å²) in [6.45, 7) is 5.11. The second-order valence-electron chi connectivity index (χ2n) is 7.22. The minimum absolute atomic E-state index is 0.394. The number of ether oxygens (including phenoxy) is 1. The summed E-state index contributed by atoms with van der Waals surface area (Å²) in [5, 5.41) is 9.68. The van der Waals surface area contributed by atoms with Crippen molar-refractivity contribution in [1.29, 1.82) is 5.26 Å². The lowest BCUT2D eigenvalue weighted by Crippen LogP contribution is -2.28. The Bertz CT molecular complexity index is 904. The molecule has 6 nitrogen and oxygen atoms in total. The number of nitrogens with zero attached hydrogens (tertiary/aromatic N) is 3. The Morgan fingerprint density at radius 1 is 1.14 bits per heavy atom. The van der Waals surface area contributed by atoms with Crippen molar-refractivity contribution in [3.8, 4) is 17.2 Å². The average Bonchev–Trinajstić information content (AvgIpc) is 2.91. The van der Waals surface area contributed by atoms with Gasteiger partial charge in [-0.1, -0.05) is 18.2 Å². The second-order valence-corrected chi connectivity index (χ2v) is 7.22. The maximum Gasteiger partial charge on any atom is 0.337 e. The van der Waals surface area contributed by atoms with Gasteiger partial charge >= 0.3 is 5.97 Å². The molecule has 1 saturated heterocycles. The molecule has 2 aromatic carbocycles. The third kappa shape index (κ3) is 4.50. The van der Waals surface area contributed by atoms with E-state index < -0.39 is 5.97 Å². The van der Waals surface area contributed by atoms with Gasteiger partial charge in [-0.15, -0.1) is 0 Å². The summed E-state index contributed by atoms with van der Waals surface area (Å²) in [6.07, 6.45) is 1.16. The zero-order valence-corrected chi connectivity index (χ0v) is 16.4. The maximum absolute atomic E-state index is 11.7. The molecule has 1 aliphatic rings. The van der Waals surface area contributed by atoms with Crippen molar-refractivity contribution in [2.75, 3.05) is 46.1 Å². The molecule has 0 bridgehead atoms. The summed E-state index contributed by atoms with van der Waals surface area (Å²) in [4.78, 5) is 16.5. The number of likely N-dealkylation sites (N-methyl/N-ethyl adjacent to an activating group) is 1. The number of hydrogen-bond donors (Lipinski definition) is 1. The van der Waals surface area contributed by atoms with Gasteiger partial charge in [0.25, 0.3) is 0 Å². The van der Waals surface area contributed by atoms with Crippen LogP contribution in [0, 0.1) is 11.3 Å². The number of esters is 1. The van der Waals surface area contributed by atoms with Crippen LogP contribution in [0.1, 0.15) is 27.9 Å². The summed E-state index contributed by atoms with van der Waals surface area (Å²) in [5.74, 6) is -0.433. The molecule has 0 aromatic heterocycles. The zero-order chi connectivity index (χ0) is 20.1. The highest BCUT2D eigenvalue weighted by Crippen LogP contribution is 2.30. The predicted octanol–water partition coefficient (Wildman–Crippen LogP) is 2.73. The number of rotatable bonds is 4. The molecule has 0 unspecified atom stereocenters. The first-order chi connectivity index (χ1) is 13.5. The number of carbonyl (C=O) groups is 1. The summed E-state index contributed by atoms with van der Waals surface area (Å²) < 4.78 is 4.73. The van der Waals surface area contributed by atoms with Crippen molar-refractivity contribution in [3.63, 3.8) is 0 Å². The van der Waals surface area contributed by atoms with Gasteiger partial charge in [0.2, 0.25) is 0 Å². The second kappa shape index (κ2) is 8.87. The largest absolute Gasteiger partial charge is 0.465 e. The van der Waals surface area contributed by atoms with Crippen LogP contribution in [0.3, 0.4) is 0 Å². The monoisotopic (exact) mass is 378 g/mol. The third-order valence-electron chi connectivity index (χ3n) is 5.19. The number of nitrogen functional groups attached to an aromatic ring is 1. The first kappa shape index (κ1) is 19.9. The predicted molar refractivity (Wildman–Crippen MR) is 110 cm³/mol. The lowest BCUT2D eigenvalue weighted by atomic mass is 9.95. The number of benzene rings is 2. The number of nitrogens with two attached hydrogens (primary N) is 1. The van der Waals surface area contributed by atoms with Crippen LogP contribution in [0.5, 0.6) is 0 Å². The molecule has 6 heteroatoms. The average molecular weight is 378 g/mol. The Labute approximate surface area is 166 Å². The zero-order valence-electron chi connectivity index (χ0n) is 16.4. The van der Waals surface area contributed by atoms with E-state index in [2.05, 4.69) is 29.0 Å². The molecule has 1 aliphatic heterocycles. The van der Waals surface area contributed by atoms with Crippen LogP contribution in [0.4, 0.5) is 5.69 Å². The molecule has 1 heterocycles. The Balaban J connectivity index is 1.84. The van der Waals surface area contributed by atoms with E-state index in [-0.39, 0.29) is 0 Å². The smallest absolute Gasteiger partial charge is 0.337 e. The van der Waals surface area contributed by atoms with Gasteiger partial charge in [0.05, 0.1) is 24.3 Å². The van der Waals surface area contributed by atoms with Crippen LogP contribution in [0.15, 0.2) is 36.4 Å². The highest BCUT2D eigenvalue weighted by Gasteiger charge is 2.15. The maximum atomic E-state index is 11.7. The van der Waals surface area contributed by atoms with Gasteiger partial charge < -0.3 is 15.4 Å². The minimum atomic E-state index is -0.433. The first-order valence-corrected chi connectivity index (χ1v) is 9.44. The summed E-state index contributed by atoms with van der Waals surface area (Å²) in [7, 11) is 3.49. The lowest BCUT2D eigenvalue weighted by Gasteiger charge is -2.20. The number of nitriles is 1. The van der Waals surface area contributed by atoms with Crippen molar-refractivity contribution in [1.82, 2.24) is 9.80 Å². The van der Waals surface area contributed by atoms with E-state index in [9.17, 15) is 10.1 Å². The molecule has 2 aromatic rings. The molecule has 0 amide bonds. The molecule has 2 N–H and O–H groups in total. The van der Waals surface area contributed by atoms with E-state index in [0.717, 1.165) is 55.8 Å². The summed E-state index contributed by atoms with van der Waals surface area (Å²) >= 11 is 0. The van der Waals surface area contributed by atoms with E-state index in [1.807, 2.05) is 12.1 Å². The molecule has 1 fully saturated rings. The van der Waals surface area contributed by atoms with Crippen molar-refractivity contribution < 1.29 is 9.53 Å². The van der Waals surface area contributed by atoms with Gasteiger partial charge in [0.15, 0.2) is 0 Å². The molecule has 28 heavy (non-hydrogen) atoms. The van der Waals surface area contributed by atoms with E-state index >= 15 is 0 Å². The molecular formula is C22H26N4O2. The van der Waals surface area contributed by atoms with Gasteiger partial charge in [-0.3, -0.25) is 4.90 Å². The molecule has 0 saturated carbocycles. The van der Waals surface area contributed by atoms with E-state index in [0.29, 0.717) is 16.8 Å². The molecular weight excluding hydrogens is 352 g/mol. The molecule has 0 radical (unpaired) electrons. The molecule has 0 spiro atoms. The molecule has 0 atom stereocenters. The van der Waals surface area contributed by atoms with E-state index in [1.165, 1.54) is 7.11 Å². The van der Waals surface area contributed by atoms with Crippen molar-refractivity contribution in [2.24, 2.45) is 0 Å². The van der Waals surface area contributed by atoms with E-state index in [1.54, 1.807) is 18.2 Å². The molecule has 146 valence electrons. The molecule has 3 rings (SSSR count). The van der Waals surface area contributed by atoms with Crippen LogP contribution >= 0.6 is 0 Å². The van der Waals surface area contributed by atoms with Gasteiger partial charge in [0, 0.05) is 36.4 Å². The van der Waals surface area contributed by atoms with Crippen LogP contribution < -0.4 is 5.73 Å². The summed E-state index contributed by atoms with van der Waals surface area (Å²) in [5.41, 5.74) is 10.2. The Kier molecular flexibility index (Phi) is 6.30. The van der Waals surface area contributed by atoms with Crippen molar-refractivity contribution in [2.45, 2.75) is 13.0 Å². The van der Waals surface area contributed by atoms with Crippen LogP contribution in [0.2, 0.25) is 0 Å². The van der Waals surface area contributed by atoms with E-state index in [4.69, 9.17) is 10.5 Å². The standard InChI is InChI=1S/C22H26N4O2/c1-25-8-3-9-26(11-10-25)15-16-4-6-19(18(12-16)14-23)20-7-5-17(13-21(20)24)22(27)28-2/h4-7,12-13H,3,8-11,15,24H2,1-2H3. The molecule has 0 aliphatic carbocycles. The topological polar surface area (TPSA) is 82.6 Å². The normalized spacial score (nSPS) is 15.6. The van der Waals surface area contributed by atoms with Gasteiger partial charge in [-0.25, -0.2) is 4.79 Å². The fourth-order valence-electron chi connectivity index (χ4n) is 3.59. The van der Waals surface area contributed by atoms with Crippen molar-refractivity contribution >= 4 is 11.7 Å². The van der Waals surface area contributed by atoms with Crippen LogP contribution in [-0.2, 0) is 11.3 Å². The first-order valence-electron chi connectivity index (χ1n) is 9.44. The van der Waals surface area contributed by atoms with Gasteiger partial charge in [-0.2, -0.15) is 5.26 Å². The number of carbonyl (C=O) groups excluding carboxylic acids is 1. The quantitative estimate of drug-likeness (QED) is 0.651. The van der Waals surface area contributed by atoms with Gasteiger partial charge in [-0.05, 0) is 50.3 Å².